The number of aryl methyl sites for hydroxylation is 3. The first kappa shape index (κ1) is 14.6. The molecule has 2 heterocycles. The number of hydrogen-bond acceptors (Lipinski definition) is 2. The van der Waals surface area contributed by atoms with Crippen LogP contribution < -0.4 is 4.74 Å². The van der Waals surface area contributed by atoms with Crippen molar-refractivity contribution in [3.8, 4) is 5.75 Å². The number of rotatable bonds is 4. The van der Waals surface area contributed by atoms with Gasteiger partial charge in [0.2, 0.25) is 0 Å². The topological polar surface area (TPSA) is 27.1 Å². The Labute approximate surface area is 131 Å². The number of fused-ring (bicyclic) bond motifs is 1. The Bertz CT molecular complexity index is 800. The van der Waals surface area contributed by atoms with Crippen LogP contribution in [-0.2, 0) is 13.2 Å². The number of nitrogens with zero attached hydrogens (tertiary/aromatic N) is 2. The van der Waals surface area contributed by atoms with E-state index in [4.69, 9.17) is 4.74 Å². The Morgan fingerprint density at radius 2 is 1.77 bits per heavy atom. The molecule has 0 aliphatic heterocycles. The van der Waals surface area contributed by atoms with Gasteiger partial charge in [0, 0.05) is 23.8 Å². The Hall–Kier alpha value is -2.29. The second-order valence-corrected chi connectivity index (χ2v) is 5.71. The Balaban J connectivity index is 1.97. The first-order valence-corrected chi connectivity index (χ1v) is 7.74. The largest absolute Gasteiger partial charge is 0.487 e. The van der Waals surface area contributed by atoms with Gasteiger partial charge in [0.05, 0.1) is 5.52 Å². The van der Waals surface area contributed by atoms with Gasteiger partial charge in [0.25, 0.3) is 0 Å². The maximum Gasteiger partial charge on any atom is 0.132 e. The zero-order valence-corrected chi connectivity index (χ0v) is 13.7. The first-order chi connectivity index (χ1) is 10.6. The molecule has 0 saturated heterocycles. The van der Waals surface area contributed by atoms with E-state index in [9.17, 15) is 0 Å². The summed E-state index contributed by atoms with van der Waals surface area (Å²) >= 11 is 0. The molecule has 2 aromatic heterocycles. The van der Waals surface area contributed by atoms with Crippen molar-refractivity contribution in [1.29, 1.82) is 0 Å². The third kappa shape index (κ3) is 2.47. The van der Waals surface area contributed by atoms with Gasteiger partial charge in [-0.3, -0.25) is 4.98 Å². The van der Waals surface area contributed by atoms with E-state index in [-0.39, 0.29) is 0 Å². The molecule has 114 valence electrons. The van der Waals surface area contributed by atoms with Crippen molar-refractivity contribution in [2.75, 3.05) is 0 Å². The van der Waals surface area contributed by atoms with Crippen molar-refractivity contribution < 1.29 is 4.74 Å². The van der Waals surface area contributed by atoms with Crippen LogP contribution >= 0.6 is 0 Å². The minimum atomic E-state index is 0.489. The molecule has 0 saturated carbocycles. The van der Waals surface area contributed by atoms with Gasteiger partial charge in [-0.2, -0.15) is 0 Å². The number of aromatic nitrogens is 2. The average Bonchev–Trinajstić information content (AvgIpc) is 2.79. The highest BCUT2D eigenvalue weighted by Gasteiger charge is 2.14. The monoisotopic (exact) mass is 294 g/mol. The third-order valence-corrected chi connectivity index (χ3v) is 4.33. The molecule has 3 heteroatoms. The number of hydrogen-bond donors (Lipinski definition) is 0. The minimum absolute atomic E-state index is 0.489. The van der Waals surface area contributed by atoms with Crippen LogP contribution in [0.5, 0.6) is 5.75 Å². The predicted octanol–water partition coefficient (Wildman–Crippen LogP) is 4.56. The lowest BCUT2D eigenvalue weighted by Crippen LogP contribution is -2.04. The lowest BCUT2D eigenvalue weighted by atomic mass is 10.2. The smallest absolute Gasteiger partial charge is 0.132 e. The summed E-state index contributed by atoms with van der Waals surface area (Å²) in [5.41, 5.74) is 6.07. The van der Waals surface area contributed by atoms with E-state index in [1.54, 1.807) is 0 Å². The maximum absolute atomic E-state index is 5.93. The van der Waals surface area contributed by atoms with Crippen molar-refractivity contribution in [3.63, 3.8) is 0 Å². The molecule has 22 heavy (non-hydrogen) atoms. The predicted molar refractivity (Wildman–Crippen MR) is 90.4 cm³/mol. The minimum Gasteiger partial charge on any atom is -0.487 e. The van der Waals surface area contributed by atoms with E-state index in [1.807, 2.05) is 18.3 Å². The summed E-state index contributed by atoms with van der Waals surface area (Å²) in [6, 6.07) is 10.2. The molecule has 0 N–H and O–H groups in total. The van der Waals surface area contributed by atoms with E-state index in [1.165, 1.54) is 27.7 Å². The Morgan fingerprint density at radius 1 is 1.05 bits per heavy atom. The normalized spacial score (nSPS) is 11.1. The zero-order chi connectivity index (χ0) is 15.7. The molecule has 1 aromatic carbocycles. The molecular formula is C19H22N2O. The summed E-state index contributed by atoms with van der Waals surface area (Å²) in [6.07, 6.45) is 1.88. The molecule has 0 fully saturated rings. The summed E-state index contributed by atoms with van der Waals surface area (Å²) in [5.74, 6) is 0.882. The Morgan fingerprint density at radius 3 is 2.45 bits per heavy atom. The molecule has 3 rings (SSSR count). The summed E-state index contributed by atoms with van der Waals surface area (Å²) < 4.78 is 8.25. The molecule has 0 unspecified atom stereocenters. The quantitative estimate of drug-likeness (QED) is 0.705. The summed E-state index contributed by atoms with van der Waals surface area (Å²) in [4.78, 5) is 4.56. The number of pyridine rings is 1. The van der Waals surface area contributed by atoms with Crippen molar-refractivity contribution in [1.82, 2.24) is 9.55 Å². The molecule has 0 amide bonds. The van der Waals surface area contributed by atoms with Gasteiger partial charge in [-0.05, 0) is 51.5 Å². The number of ether oxygens (including phenoxy) is 1. The molecule has 3 nitrogen and oxygen atoms in total. The van der Waals surface area contributed by atoms with Crippen molar-refractivity contribution in [3.05, 3.63) is 59.0 Å². The molecule has 0 aliphatic rings. The highest BCUT2D eigenvalue weighted by molar-refractivity contribution is 5.86. The second-order valence-electron chi connectivity index (χ2n) is 5.71. The fraction of sp³-hybridized carbons (Fsp3) is 0.316. The molecule has 0 spiro atoms. The van der Waals surface area contributed by atoms with Gasteiger partial charge in [0.15, 0.2) is 0 Å². The first-order valence-electron chi connectivity index (χ1n) is 7.74. The summed E-state index contributed by atoms with van der Waals surface area (Å²) in [5, 5.41) is 1.27. The van der Waals surface area contributed by atoms with Crippen LogP contribution in [0.15, 0.2) is 36.5 Å². The third-order valence-electron chi connectivity index (χ3n) is 4.33. The average molecular weight is 294 g/mol. The van der Waals surface area contributed by atoms with Crippen LogP contribution in [0, 0.1) is 20.8 Å². The van der Waals surface area contributed by atoms with E-state index in [0.717, 1.165) is 18.0 Å². The molecule has 0 atom stereocenters. The zero-order valence-electron chi connectivity index (χ0n) is 13.7. The van der Waals surface area contributed by atoms with Gasteiger partial charge < -0.3 is 9.30 Å². The van der Waals surface area contributed by atoms with Crippen molar-refractivity contribution in [2.45, 2.75) is 40.8 Å². The van der Waals surface area contributed by atoms with Crippen LogP contribution in [-0.4, -0.2) is 9.55 Å². The van der Waals surface area contributed by atoms with Gasteiger partial charge in [-0.15, -0.1) is 0 Å². The molecule has 0 bridgehead atoms. The van der Waals surface area contributed by atoms with Crippen LogP contribution in [0.25, 0.3) is 10.9 Å². The van der Waals surface area contributed by atoms with Crippen molar-refractivity contribution in [2.24, 2.45) is 0 Å². The summed E-state index contributed by atoms with van der Waals surface area (Å²) in [7, 11) is 0. The lowest BCUT2D eigenvalue weighted by molar-refractivity contribution is 0.302. The standard InChI is InChI=1S/C19H22N2O/c1-5-21-15(4)14(3)17-10-11-20-18(19(17)21)12-22-16-8-6-13(2)7-9-16/h6-11H,5,12H2,1-4H3. The molecule has 3 aromatic rings. The van der Waals surface area contributed by atoms with E-state index in [0.29, 0.717) is 6.61 Å². The second kappa shape index (κ2) is 5.84. The molecule has 0 aliphatic carbocycles. The fourth-order valence-corrected chi connectivity index (χ4v) is 2.95. The molecule has 0 radical (unpaired) electrons. The fourth-order valence-electron chi connectivity index (χ4n) is 2.95. The van der Waals surface area contributed by atoms with Crippen LogP contribution in [0.3, 0.4) is 0 Å². The lowest BCUT2D eigenvalue weighted by Gasteiger charge is -2.10. The van der Waals surface area contributed by atoms with Gasteiger partial charge in [-0.25, -0.2) is 0 Å². The van der Waals surface area contributed by atoms with Crippen LogP contribution in [0.4, 0.5) is 0 Å². The Kier molecular flexibility index (Phi) is 3.88. The number of benzene rings is 1. The highest BCUT2D eigenvalue weighted by Crippen LogP contribution is 2.27. The highest BCUT2D eigenvalue weighted by atomic mass is 16.5. The van der Waals surface area contributed by atoms with Gasteiger partial charge >= 0.3 is 0 Å². The van der Waals surface area contributed by atoms with E-state index >= 15 is 0 Å². The molecular weight excluding hydrogens is 272 g/mol. The SMILES string of the molecule is CCn1c(C)c(C)c2ccnc(COc3ccc(C)cc3)c21. The maximum atomic E-state index is 5.93. The van der Waals surface area contributed by atoms with E-state index < -0.39 is 0 Å². The van der Waals surface area contributed by atoms with E-state index in [2.05, 4.69) is 55.4 Å². The van der Waals surface area contributed by atoms with Crippen LogP contribution in [0.1, 0.15) is 29.4 Å². The van der Waals surface area contributed by atoms with Gasteiger partial charge in [-0.1, -0.05) is 17.7 Å². The van der Waals surface area contributed by atoms with Gasteiger partial charge in [0.1, 0.15) is 18.1 Å². The van der Waals surface area contributed by atoms with Crippen LogP contribution in [0.2, 0.25) is 0 Å². The van der Waals surface area contributed by atoms with Crippen molar-refractivity contribution >= 4 is 10.9 Å². The summed E-state index contributed by atoms with van der Waals surface area (Å²) in [6.45, 7) is 10.0.